The van der Waals surface area contributed by atoms with Crippen molar-refractivity contribution < 1.29 is 0 Å². The lowest BCUT2D eigenvalue weighted by Gasteiger charge is -2.22. The molecule has 1 nitrogen and oxygen atoms in total. The van der Waals surface area contributed by atoms with E-state index >= 15 is 0 Å². The predicted octanol–water partition coefficient (Wildman–Crippen LogP) is 4.32. The number of benzene rings is 1. The maximum atomic E-state index is 4.19. The fraction of sp³-hybridized carbons (Fsp3) is 0.182. The van der Waals surface area contributed by atoms with Gasteiger partial charge in [0.15, 0.2) is 0 Å². The van der Waals surface area contributed by atoms with E-state index in [1.807, 2.05) is 45.1 Å². The maximum Gasteiger partial charge on any atom is 0.0489 e. The van der Waals surface area contributed by atoms with Crippen LogP contribution in [0.15, 0.2) is 67.4 Å². The Balaban J connectivity index is 0.000000924. The van der Waals surface area contributed by atoms with Gasteiger partial charge in [-0.2, -0.15) is 0 Å². The molecule has 118 valence electrons. The highest BCUT2D eigenvalue weighted by Gasteiger charge is 2.13. The van der Waals surface area contributed by atoms with E-state index < -0.39 is 0 Å². The summed E-state index contributed by atoms with van der Waals surface area (Å²) in [5.41, 5.74) is 4.73. The molecule has 0 atom stereocenters. The molecular weight excluding hydrogens is 278 g/mol. The number of nitrogens with zero attached hydrogens (tertiary/aromatic N) is 1. The highest BCUT2D eigenvalue weighted by Crippen LogP contribution is 2.26. The maximum absolute atomic E-state index is 4.19. The van der Waals surface area contributed by atoms with Gasteiger partial charge in [-0.3, -0.25) is 0 Å². The molecular formula is C22H25N. The van der Waals surface area contributed by atoms with Gasteiger partial charge in [-0.1, -0.05) is 56.9 Å². The van der Waals surface area contributed by atoms with Gasteiger partial charge < -0.3 is 4.90 Å². The summed E-state index contributed by atoms with van der Waals surface area (Å²) >= 11 is 0. The Hall–Kier alpha value is -2.54. The molecule has 2 aliphatic rings. The van der Waals surface area contributed by atoms with Gasteiger partial charge in [-0.05, 0) is 52.8 Å². The lowest BCUT2D eigenvalue weighted by molar-refractivity contribution is 1.18. The number of rotatable bonds is 2. The molecule has 0 aromatic heterocycles. The average molecular weight is 303 g/mol. The summed E-state index contributed by atoms with van der Waals surface area (Å²) in [6.45, 7) is 10.2. The Morgan fingerprint density at radius 1 is 1.09 bits per heavy atom. The van der Waals surface area contributed by atoms with Crippen LogP contribution in [0.2, 0.25) is 0 Å². The standard InChI is InChI=1S/C20H19N.C2H6/c1-4-5-6-10-16-12-17-13-20-18(14-19(16)17)15(2)9-7-8-11-21(20)3;1-2/h4-14H,2H2,1,3H3;1-2H3/b5-4-,9-7-,10-6-,11-8-;. The van der Waals surface area contributed by atoms with Gasteiger partial charge >= 0.3 is 0 Å². The zero-order valence-electron chi connectivity index (χ0n) is 14.5. The molecule has 23 heavy (non-hydrogen) atoms. The summed E-state index contributed by atoms with van der Waals surface area (Å²) in [5, 5.41) is 2.61. The molecule has 1 heterocycles. The lowest BCUT2D eigenvalue weighted by Crippen LogP contribution is -2.35. The number of hydrogen-bond donors (Lipinski definition) is 0. The molecule has 0 radical (unpaired) electrons. The molecule has 1 aromatic carbocycles. The SMILES string of the molecule is C=C1/C=C\C=C/N(C)c2cc3c(cc21)=C(/C=C\C=C/C)C=3.CC. The second-order valence-electron chi connectivity index (χ2n) is 5.28. The van der Waals surface area contributed by atoms with E-state index in [-0.39, 0.29) is 0 Å². The van der Waals surface area contributed by atoms with Crippen LogP contribution >= 0.6 is 0 Å². The van der Waals surface area contributed by atoms with Crippen LogP contribution in [0.1, 0.15) is 26.3 Å². The molecule has 3 rings (SSSR count). The van der Waals surface area contributed by atoms with E-state index in [4.69, 9.17) is 0 Å². The van der Waals surface area contributed by atoms with Gasteiger partial charge in [-0.25, -0.2) is 0 Å². The van der Waals surface area contributed by atoms with Gasteiger partial charge in [-0.15, -0.1) is 0 Å². The minimum absolute atomic E-state index is 1.05. The van der Waals surface area contributed by atoms with Crippen molar-refractivity contribution in [2.24, 2.45) is 0 Å². The van der Waals surface area contributed by atoms with Crippen molar-refractivity contribution in [2.45, 2.75) is 20.8 Å². The Kier molecular flexibility index (Phi) is 5.59. The van der Waals surface area contributed by atoms with E-state index in [9.17, 15) is 0 Å². The summed E-state index contributed by atoms with van der Waals surface area (Å²) in [7, 11) is 2.07. The Morgan fingerprint density at radius 2 is 1.87 bits per heavy atom. The number of fused-ring (bicyclic) bond motifs is 2. The Bertz CT molecular complexity index is 829. The quantitative estimate of drug-likeness (QED) is 0.735. The van der Waals surface area contributed by atoms with Crippen LogP contribution in [0.25, 0.3) is 17.2 Å². The van der Waals surface area contributed by atoms with Crippen molar-refractivity contribution in [3.63, 3.8) is 0 Å². The smallest absolute Gasteiger partial charge is 0.0489 e. The third-order valence-corrected chi connectivity index (χ3v) is 3.81. The summed E-state index contributed by atoms with van der Waals surface area (Å²) in [4.78, 5) is 2.14. The molecule has 0 unspecified atom stereocenters. The molecule has 0 spiro atoms. The lowest BCUT2D eigenvalue weighted by atomic mass is 9.93. The summed E-state index contributed by atoms with van der Waals surface area (Å²) in [6.07, 6.45) is 18.7. The van der Waals surface area contributed by atoms with Gasteiger partial charge in [0.05, 0.1) is 0 Å². The van der Waals surface area contributed by atoms with E-state index in [1.54, 1.807) is 0 Å². The third kappa shape index (κ3) is 3.45. The highest BCUT2D eigenvalue weighted by atomic mass is 15.1. The Labute approximate surface area is 139 Å². The zero-order chi connectivity index (χ0) is 16.8. The number of allylic oxidation sites excluding steroid dienone is 8. The molecule has 0 bridgehead atoms. The van der Waals surface area contributed by atoms with Crippen LogP contribution in [0.4, 0.5) is 5.69 Å². The first-order valence-electron chi connectivity index (χ1n) is 8.17. The molecule has 1 aliphatic carbocycles. The van der Waals surface area contributed by atoms with Gasteiger partial charge in [0.1, 0.15) is 0 Å². The molecule has 0 amide bonds. The van der Waals surface area contributed by atoms with Crippen LogP contribution in [0.3, 0.4) is 0 Å². The Morgan fingerprint density at radius 3 is 2.61 bits per heavy atom. The fourth-order valence-electron chi connectivity index (χ4n) is 2.62. The largest absolute Gasteiger partial charge is 0.351 e. The second-order valence-corrected chi connectivity index (χ2v) is 5.28. The van der Waals surface area contributed by atoms with Crippen LogP contribution < -0.4 is 15.3 Å². The molecule has 0 fully saturated rings. The van der Waals surface area contributed by atoms with E-state index in [0.29, 0.717) is 0 Å². The van der Waals surface area contributed by atoms with Crippen molar-refractivity contribution in [2.75, 3.05) is 11.9 Å². The number of anilines is 1. The predicted molar refractivity (Wildman–Crippen MR) is 105 cm³/mol. The van der Waals surface area contributed by atoms with Crippen molar-refractivity contribution in [3.8, 4) is 0 Å². The second kappa shape index (κ2) is 7.64. The minimum Gasteiger partial charge on any atom is -0.351 e. The zero-order valence-corrected chi connectivity index (χ0v) is 14.5. The van der Waals surface area contributed by atoms with E-state index in [0.717, 1.165) is 5.57 Å². The van der Waals surface area contributed by atoms with Crippen LogP contribution in [0.5, 0.6) is 0 Å². The molecule has 0 saturated carbocycles. The van der Waals surface area contributed by atoms with E-state index in [2.05, 4.69) is 61.2 Å². The normalized spacial score (nSPS) is 18.2. The van der Waals surface area contributed by atoms with Gasteiger partial charge in [0.25, 0.3) is 0 Å². The molecule has 0 N–H and O–H groups in total. The topological polar surface area (TPSA) is 3.24 Å². The van der Waals surface area contributed by atoms with Crippen molar-refractivity contribution >= 4 is 22.9 Å². The first-order valence-corrected chi connectivity index (χ1v) is 8.17. The van der Waals surface area contributed by atoms with Crippen LogP contribution in [-0.4, -0.2) is 7.05 Å². The van der Waals surface area contributed by atoms with E-state index in [1.165, 1.54) is 27.3 Å². The first kappa shape index (κ1) is 16.8. The monoisotopic (exact) mass is 303 g/mol. The van der Waals surface area contributed by atoms with Crippen molar-refractivity contribution in [3.05, 3.63) is 83.4 Å². The minimum atomic E-state index is 1.05. The van der Waals surface area contributed by atoms with Gasteiger partial charge in [0, 0.05) is 24.5 Å². The average Bonchev–Trinajstić information content (AvgIpc) is 2.55. The van der Waals surface area contributed by atoms with Crippen molar-refractivity contribution in [1.82, 2.24) is 0 Å². The van der Waals surface area contributed by atoms with Crippen LogP contribution in [0, 0.1) is 0 Å². The van der Waals surface area contributed by atoms with Gasteiger partial charge in [0.2, 0.25) is 0 Å². The summed E-state index contributed by atoms with van der Waals surface area (Å²) in [5.74, 6) is 0. The van der Waals surface area contributed by atoms with Crippen molar-refractivity contribution in [1.29, 1.82) is 0 Å². The highest BCUT2D eigenvalue weighted by molar-refractivity contribution is 5.92. The molecule has 1 heteroatoms. The third-order valence-electron chi connectivity index (χ3n) is 3.81. The molecule has 1 aliphatic heterocycles. The fourth-order valence-corrected chi connectivity index (χ4v) is 2.62. The first-order chi connectivity index (χ1) is 11.2. The molecule has 1 aromatic rings. The summed E-state index contributed by atoms with van der Waals surface area (Å²) < 4.78 is 0. The van der Waals surface area contributed by atoms with Crippen LogP contribution in [-0.2, 0) is 0 Å². The summed E-state index contributed by atoms with van der Waals surface area (Å²) in [6, 6.07) is 4.49. The number of hydrogen-bond acceptors (Lipinski definition) is 1. The molecule has 0 saturated heterocycles.